The van der Waals surface area contributed by atoms with Gasteiger partial charge in [0, 0.05) is 25.3 Å². The maximum atomic E-state index is 12.8. The van der Waals surface area contributed by atoms with E-state index in [4.69, 9.17) is 5.73 Å². The smallest absolute Gasteiger partial charge is 0.245 e. The summed E-state index contributed by atoms with van der Waals surface area (Å²) in [6, 6.07) is 3.10. The van der Waals surface area contributed by atoms with Gasteiger partial charge in [0.25, 0.3) is 0 Å². The number of hydrogen-bond acceptors (Lipinski definition) is 5. The van der Waals surface area contributed by atoms with E-state index in [1.165, 1.54) is 16.6 Å². The van der Waals surface area contributed by atoms with Crippen molar-refractivity contribution < 1.29 is 13.5 Å². The largest absolute Gasteiger partial charge is 0.395 e. The molecule has 1 saturated carbocycles. The zero-order valence-corrected chi connectivity index (χ0v) is 12.2. The number of sulfonamides is 1. The van der Waals surface area contributed by atoms with Crippen molar-refractivity contribution in [2.75, 3.05) is 13.2 Å². The summed E-state index contributed by atoms with van der Waals surface area (Å²) in [5.41, 5.74) is 5.95. The number of aliphatic hydroxyl groups excluding tert-OH is 1. The molecule has 1 fully saturated rings. The molecule has 2 rings (SSSR count). The van der Waals surface area contributed by atoms with Crippen LogP contribution in [0.3, 0.4) is 0 Å². The van der Waals surface area contributed by atoms with Gasteiger partial charge in [-0.1, -0.05) is 12.8 Å². The summed E-state index contributed by atoms with van der Waals surface area (Å²) in [5.74, 6) is 0. The number of nitrogens with two attached hydrogens (primary N) is 1. The zero-order valence-electron chi connectivity index (χ0n) is 11.4. The summed E-state index contributed by atoms with van der Waals surface area (Å²) in [4.78, 5) is 4.19. The topological polar surface area (TPSA) is 96.5 Å². The first-order valence-electron chi connectivity index (χ1n) is 6.88. The lowest BCUT2D eigenvalue weighted by atomic mass is 10.2. The lowest BCUT2D eigenvalue weighted by Crippen LogP contribution is -2.41. The second kappa shape index (κ2) is 6.62. The van der Waals surface area contributed by atoms with Crippen molar-refractivity contribution in [2.45, 2.75) is 43.2 Å². The Bertz CT molecular complexity index is 542. The fraction of sp³-hybridized carbons (Fsp3) is 0.615. The van der Waals surface area contributed by atoms with E-state index >= 15 is 0 Å². The Morgan fingerprint density at radius 1 is 1.40 bits per heavy atom. The number of nitrogens with zero attached hydrogens (tertiary/aromatic N) is 2. The molecule has 1 aromatic heterocycles. The first-order chi connectivity index (χ1) is 9.61. The highest BCUT2D eigenvalue weighted by molar-refractivity contribution is 7.89. The molecule has 1 aliphatic rings. The van der Waals surface area contributed by atoms with Crippen LogP contribution in [0.2, 0.25) is 0 Å². The van der Waals surface area contributed by atoms with Gasteiger partial charge in [-0.15, -0.1) is 0 Å². The Balaban J connectivity index is 2.39. The van der Waals surface area contributed by atoms with Gasteiger partial charge in [0.2, 0.25) is 10.0 Å². The maximum Gasteiger partial charge on any atom is 0.245 e. The highest BCUT2D eigenvalue weighted by Crippen LogP contribution is 2.29. The Kier molecular flexibility index (Phi) is 5.09. The molecule has 0 aromatic carbocycles. The average molecular weight is 299 g/mol. The van der Waals surface area contributed by atoms with Crippen LogP contribution in [0.15, 0.2) is 23.2 Å². The molecule has 7 heteroatoms. The molecule has 0 radical (unpaired) electrons. The summed E-state index contributed by atoms with van der Waals surface area (Å²) in [5, 5.41) is 9.19. The van der Waals surface area contributed by atoms with Gasteiger partial charge in [-0.05, 0) is 25.0 Å². The van der Waals surface area contributed by atoms with Crippen LogP contribution in [0, 0.1) is 0 Å². The first-order valence-corrected chi connectivity index (χ1v) is 8.32. The van der Waals surface area contributed by atoms with Crippen LogP contribution in [0.25, 0.3) is 0 Å². The van der Waals surface area contributed by atoms with Crippen molar-refractivity contribution in [3.63, 3.8) is 0 Å². The van der Waals surface area contributed by atoms with Crippen LogP contribution in [0.5, 0.6) is 0 Å². The van der Waals surface area contributed by atoms with Gasteiger partial charge in [-0.3, -0.25) is 4.98 Å². The number of pyridine rings is 1. The Morgan fingerprint density at radius 2 is 2.10 bits per heavy atom. The third kappa shape index (κ3) is 3.01. The van der Waals surface area contributed by atoms with E-state index < -0.39 is 10.0 Å². The summed E-state index contributed by atoms with van der Waals surface area (Å²) >= 11 is 0. The number of aromatic nitrogens is 1. The van der Waals surface area contributed by atoms with Crippen LogP contribution >= 0.6 is 0 Å². The molecule has 0 bridgehead atoms. The third-order valence-corrected chi connectivity index (χ3v) is 5.71. The molecule has 0 atom stereocenters. The minimum atomic E-state index is -3.66. The SMILES string of the molecule is NCc1ncccc1S(=O)(=O)N(CCO)C1CCCC1. The van der Waals surface area contributed by atoms with Crippen LogP contribution in [-0.4, -0.2) is 42.0 Å². The molecular weight excluding hydrogens is 278 g/mol. The number of aliphatic hydroxyl groups is 1. The molecule has 0 aliphatic heterocycles. The van der Waals surface area contributed by atoms with Crippen molar-refractivity contribution in [1.29, 1.82) is 0 Å². The number of hydrogen-bond donors (Lipinski definition) is 2. The van der Waals surface area contributed by atoms with E-state index in [2.05, 4.69) is 4.98 Å². The van der Waals surface area contributed by atoms with E-state index in [9.17, 15) is 13.5 Å². The zero-order chi connectivity index (χ0) is 14.6. The molecule has 112 valence electrons. The monoisotopic (exact) mass is 299 g/mol. The first kappa shape index (κ1) is 15.4. The van der Waals surface area contributed by atoms with Crippen molar-refractivity contribution in [3.05, 3.63) is 24.0 Å². The molecule has 0 spiro atoms. The van der Waals surface area contributed by atoms with Gasteiger partial charge in [0.15, 0.2) is 0 Å². The van der Waals surface area contributed by atoms with Crippen molar-refractivity contribution >= 4 is 10.0 Å². The summed E-state index contributed by atoms with van der Waals surface area (Å²) in [7, 11) is -3.66. The van der Waals surface area contributed by atoms with E-state index in [1.807, 2.05) is 0 Å². The second-order valence-electron chi connectivity index (χ2n) is 4.93. The predicted octanol–water partition coefficient (Wildman–Crippen LogP) is 0.466. The summed E-state index contributed by atoms with van der Waals surface area (Å²) in [6.07, 6.45) is 5.28. The molecule has 0 unspecified atom stereocenters. The fourth-order valence-corrected chi connectivity index (χ4v) is 4.59. The third-order valence-electron chi connectivity index (χ3n) is 3.68. The van der Waals surface area contributed by atoms with Gasteiger partial charge in [-0.25, -0.2) is 8.42 Å². The van der Waals surface area contributed by atoms with Gasteiger partial charge < -0.3 is 10.8 Å². The highest BCUT2D eigenvalue weighted by Gasteiger charge is 2.34. The molecule has 3 N–H and O–H groups in total. The van der Waals surface area contributed by atoms with Gasteiger partial charge in [-0.2, -0.15) is 4.31 Å². The lowest BCUT2D eigenvalue weighted by Gasteiger charge is -2.27. The normalized spacial score (nSPS) is 16.9. The fourth-order valence-electron chi connectivity index (χ4n) is 2.73. The molecule has 0 saturated heterocycles. The standard InChI is InChI=1S/C13H21N3O3S/c14-10-12-13(6-3-7-15-12)20(18,19)16(8-9-17)11-4-1-2-5-11/h3,6-7,11,17H,1-2,4-5,8-10,14H2. The Hall–Kier alpha value is -1.02. The van der Waals surface area contributed by atoms with Crippen LogP contribution in [0.4, 0.5) is 0 Å². The Labute approximate surface area is 119 Å². The van der Waals surface area contributed by atoms with Crippen molar-refractivity contribution in [2.24, 2.45) is 5.73 Å². The van der Waals surface area contributed by atoms with Gasteiger partial charge in [0.05, 0.1) is 12.3 Å². The molecule has 1 aromatic rings. The maximum absolute atomic E-state index is 12.8. The second-order valence-corrected chi connectivity index (χ2v) is 6.79. The van der Waals surface area contributed by atoms with E-state index in [0.717, 1.165) is 25.7 Å². The van der Waals surface area contributed by atoms with E-state index in [0.29, 0.717) is 5.69 Å². The number of rotatable bonds is 6. The molecule has 20 heavy (non-hydrogen) atoms. The summed E-state index contributed by atoms with van der Waals surface area (Å²) < 4.78 is 27.0. The summed E-state index contributed by atoms with van der Waals surface area (Å²) in [6.45, 7) is 0.00684. The molecule has 6 nitrogen and oxygen atoms in total. The minimum absolute atomic E-state index is 0.0296. The van der Waals surface area contributed by atoms with E-state index in [1.54, 1.807) is 6.07 Å². The van der Waals surface area contributed by atoms with Crippen LogP contribution < -0.4 is 5.73 Å². The highest BCUT2D eigenvalue weighted by atomic mass is 32.2. The van der Waals surface area contributed by atoms with Crippen molar-refractivity contribution in [1.82, 2.24) is 9.29 Å². The molecule has 0 amide bonds. The quantitative estimate of drug-likeness (QED) is 0.795. The van der Waals surface area contributed by atoms with Crippen LogP contribution in [-0.2, 0) is 16.6 Å². The lowest BCUT2D eigenvalue weighted by molar-refractivity contribution is 0.226. The minimum Gasteiger partial charge on any atom is -0.395 e. The van der Waals surface area contributed by atoms with Crippen LogP contribution in [0.1, 0.15) is 31.4 Å². The Morgan fingerprint density at radius 3 is 2.70 bits per heavy atom. The predicted molar refractivity (Wildman–Crippen MR) is 75.4 cm³/mol. The van der Waals surface area contributed by atoms with Gasteiger partial charge >= 0.3 is 0 Å². The van der Waals surface area contributed by atoms with Gasteiger partial charge in [0.1, 0.15) is 4.90 Å². The molecule has 1 heterocycles. The van der Waals surface area contributed by atoms with E-state index in [-0.39, 0.29) is 30.6 Å². The molecule has 1 aliphatic carbocycles. The molecular formula is C13H21N3O3S. The average Bonchev–Trinajstić information content (AvgIpc) is 2.98. The van der Waals surface area contributed by atoms with Crippen molar-refractivity contribution in [3.8, 4) is 0 Å².